The quantitative estimate of drug-likeness (QED) is 0.841. The summed E-state index contributed by atoms with van der Waals surface area (Å²) >= 11 is 0. The van der Waals surface area contributed by atoms with Crippen molar-refractivity contribution in [3.8, 4) is 5.75 Å². The molecule has 1 aromatic carbocycles. The van der Waals surface area contributed by atoms with E-state index in [2.05, 4.69) is 15.7 Å². The number of ether oxygens (including phenoxy) is 1. The number of aryl methyl sites for hydroxylation is 1. The van der Waals surface area contributed by atoms with E-state index in [1.165, 1.54) is 13.2 Å². The predicted molar refractivity (Wildman–Crippen MR) is 94.4 cm³/mol. The van der Waals surface area contributed by atoms with Crippen molar-refractivity contribution in [3.05, 3.63) is 47.5 Å². The molecule has 1 saturated heterocycles. The Kier molecular flexibility index (Phi) is 6.39. The van der Waals surface area contributed by atoms with Gasteiger partial charge in [-0.05, 0) is 11.6 Å². The van der Waals surface area contributed by atoms with Gasteiger partial charge in [0.2, 0.25) is 5.91 Å². The van der Waals surface area contributed by atoms with Crippen molar-refractivity contribution < 1.29 is 13.9 Å². The maximum Gasteiger partial charge on any atom is 0.225 e. The van der Waals surface area contributed by atoms with Gasteiger partial charge in [-0.15, -0.1) is 12.4 Å². The maximum atomic E-state index is 14.0. The van der Waals surface area contributed by atoms with Crippen LogP contribution in [0.4, 0.5) is 4.39 Å². The zero-order valence-corrected chi connectivity index (χ0v) is 15.0. The van der Waals surface area contributed by atoms with Gasteiger partial charge in [0.05, 0.1) is 19.2 Å². The topological polar surface area (TPSA) is 68.2 Å². The number of nitrogens with zero attached hydrogens (tertiary/aromatic N) is 2. The average molecular weight is 369 g/mol. The molecule has 8 heteroatoms. The third-order valence-corrected chi connectivity index (χ3v) is 4.42. The molecular weight excluding hydrogens is 347 g/mol. The first-order valence-corrected chi connectivity index (χ1v) is 7.88. The lowest BCUT2D eigenvalue weighted by molar-refractivity contribution is -0.125. The van der Waals surface area contributed by atoms with Gasteiger partial charge >= 0.3 is 0 Å². The van der Waals surface area contributed by atoms with E-state index in [0.717, 1.165) is 12.1 Å². The molecule has 25 heavy (non-hydrogen) atoms. The summed E-state index contributed by atoms with van der Waals surface area (Å²) < 4.78 is 20.7. The van der Waals surface area contributed by atoms with Crippen molar-refractivity contribution in [1.29, 1.82) is 0 Å². The van der Waals surface area contributed by atoms with Crippen LogP contribution in [0.25, 0.3) is 0 Å². The summed E-state index contributed by atoms with van der Waals surface area (Å²) in [4.78, 5) is 12.5. The molecule has 1 aliphatic rings. The second-order valence-electron chi connectivity index (χ2n) is 5.99. The summed E-state index contributed by atoms with van der Waals surface area (Å²) in [5.74, 6) is -0.110. The molecule has 0 radical (unpaired) electrons. The minimum atomic E-state index is -0.386. The Hall–Kier alpha value is -2.12. The predicted octanol–water partition coefficient (Wildman–Crippen LogP) is 1.61. The second-order valence-corrected chi connectivity index (χ2v) is 5.99. The van der Waals surface area contributed by atoms with Crippen LogP contribution >= 0.6 is 12.4 Å². The van der Waals surface area contributed by atoms with Crippen molar-refractivity contribution in [3.63, 3.8) is 0 Å². The van der Waals surface area contributed by atoms with Gasteiger partial charge in [0, 0.05) is 50.4 Å². The van der Waals surface area contributed by atoms with Crippen LogP contribution in [0, 0.1) is 11.7 Å². The molecule has 0 unspecified atom stereocenters. The van der Waals surface area contributed by atoms with Crippen LogP contribution in [-0.2, 0) is 18.4 Å². The Morgan fingerprint density at radius 1 is 1.48 bits per heavy atom. The monoisotopic (exact) mass is 368 g/mol. The molecule has 1 aromatic heterocycles. The molecule has 2 N–H and O–H groups in total. The lowest BCUT2D eigenvalue weighted by atomic mass is 9.90. The molecule has 2 heterocycles. The lowest BCUT2D eigenvalue weighted by Gasteiger charge is -2.17. The number of aromatic nitrogens is 2. The molecule has 136 valence electrons. The van der Waals surface area contributed by atoms with Gasteiger partial charge in [-0.3, -0.25) is 9.48 Å². The molecule has 6 nitrogen and oxygen atoms in total. The number of hydrogen-bond acceptors (Lipinski definition) is 4. The number of methoxy groups -OCH3 is 1. The third-order valence-electron chi connectivity index (χ3n) is 4.42. The molecular formula is C17H22ClFN4O2. The van der Waals surface area contributed by atoms with Gasteiger partial charge in [0.25, 0.3) is 0 Å². The number of benzene rings is 1. The van der Waals surface area contributed by atoms with E-state index in [4.69, 9.17) is 4.74 Å². The van der Waals surface area contributed by atoms with E-state index in [1.54, 1.807) is 23.0 Å². The number of hydrogen-bond donors (Lipinski definition) is 2. The fourth-order valence-electron chi connectivity index (χ4n) is 3.05. The highest BCUT2D eigenvalue weighted by atomic mass is 35.5. The largest absolute Gasteiger partial charge is 0.497 e. The number of carbonyl (C=O) groups is 1. The minimum absolute atomic E-state index is 0. The maximum absolute atomic E-state index is 14.0. The molecule has 0 spiro atoms. The summed E-state index contributed by atoms with van der Waals surface area (Å²) in [6, 6.07) is 4.62. The molecule has 2 aromatic rings. The van der Waals surface area contributed by atoms with Crippen LogP contribution in [0.15, 0.2) is 30.6 Å². The van der Waals surface area contributed by atoms with Crippen LogP contribution in [0.1, 0.15) is 17.0 Å². The van der Waals surface area contributed by atoms with E-state index >= 15 is 0 Å². The van der Waals surface area contributed by atoms with E-state index in [-0.39, 0.29) is 42.5 Å². The van der Waals surface area contributed by atoms with E-state index in [9.17, 15) is 9.18 Å². The van der Waals surface area contributed by atoms with Gasteiger partial charge in [0.15, 0.2) is 0 Å². The van der Waals surface area contributed by atoms with Crippen molar-refractivity contribution in [2.24, 2.45) is 13.0 Å². The van der Waals surface area contributed by atoms with Gasteiger partial charge in [0.1, 0.15) is 11.6 Å². The zero-order valence-electron chi connectivity index (χ0n) is 14.2. The smallest absolute Gasteiger partial charge is 0.225 e. The van der Waals surface area contributed by atoms with Crippen LogP contribution in [0.3, 0.4) is 0 Å². The Labute approximate surface area is 152 Å². The highest BCUT2D eigenvalue weighted by molar-refractivity contribution is 5.85. The first kappa shape index (κ1) is 19.2. The summed E-state index contributed by atoms with van der Waals surface area (Å²) in [5, 5.41) is 10.3. The molecule has 0 bridgehead atoms. The Bertz CT molecular complexity index is 737. The lowest BCUT2D eigenvalue weighted by Crippen LogP contribution is -2.34. The number of rotatable bonds is 5. The standard InChI is InChI=1S/C17H21FN4O2.ClH/c1-22-10-12(7-21-22)14-8-19-9-15(14)17(23)20-6-11-3-4-13(24-2)5-16(11)18;/h3-5,7,10,14-15,19H,6,8-9H2,1-2H3,(H,20,23);1H/t14-,15+;/m1./s1. The zero-order chi connectivity index (χ0) is 17.1. The Morgan fingerprint density at radius 2 is 2.28 bits per heavy atom. The normalized spacial score (nSPS) is 19.3. The first-order valence-electron chi connectivity index (χ1n) is 7.88. The second kappa shape index (κ2) is 8.31. The Morgan fingerprint density at radius 3 is 2.92 bits per heavy atom. The summed E-state index contributed by atoms with van der Waals surface area (Å²) in [5.41, 5.74) is 1.48. The summed E-state index contributed by atoms with van der Waals surface area (Å²) in [6.45, 7) is 1.50. The van der Waals surface area contributed by atoms with Crippen molar-refractivity contribution in [2.45, 2.75) is 12.5 Å². The number of halogens is 2. The molecule has 2 atom stereocenters. The number of nitrogens with one attached hydrogen (secondary N) is 2. The van der Waals surface area contributed by atoms with Crippen LogP contribution in [0.5, 0.6) is 5.75 Å². The average Bonchev–Trinajstić information content (AvgIpc) is 3.21. The number of carbonyl (C=O) groups excluding carboxylic acids is 1. The first-order chi connectivity index (χ1) is 11.6. The van der Waals surface area contributed by atoms with Crippen LogP contribution in [-0.4, -0.2) is 35.9 Å². The van der Waals surface area contributed by atoms with Crippen LogP contribution in [0.2, 0.25) is 0 Å². The highest BCUT2D eigenvalue weighted by Crippen LogP contribution is 2.28. The highest BCUT2D eigenvalue weighted by Gasteiger charge is 2.34. The van der Waals surface area contributed by atoms with Gasteiger partial charge < -0.3 is 15.4 Å². The molecule has 1 amide bonds. The van der Waals surface area contributed by atoms with E-state index < -0.39 is 0 Å². The molecule has 3 rings (SSSR count). The molecule has 1 aliphatic heterocycles. The summed E-state index contributed by atoms with van der Waals surface area (Å²) in [7, 11) is 3.34. The fraction of sp³-hybridized carbons (Fsp3) is 0.412. The van der Waals surface area contributed by atoms with Crippen LogP contribution < -0.4 is 15.4 Å². The van der Waals surface area contributed by atoms with Gasteiger partial charge in [-0.2, -0.15) is 5.10 Å². The molecule has 1 fully saturated rings. The van der Waals surface area contributed by atoms with E-state index in [1.807, 2.05) is 13.2 Å². The van der Waals surface area contributed by atoms with Crippen molar-refractivity contribution in [1.82, 2.24) is 20.4 Å². The minimum Gasteiger partial charge on any atom is -0.497 e. The van der Waals surface area contributed by atoms with Crippen molar-refractivity contribution in [2.75, 3.05) is 20.2 Å². The van der Waals surface area contributed by atoms with E-state index in [0.29, 0.717) is 17.9 Å². The fourth-order valence-corrected chi connectivity index (χ4v) is 3.05. The van der Waals surface area contributed by atoms with Gasteiger partial charge in [-0.1, -0.05) is 6.07 Å². The van der Waals surface area contributed by atoms with Crippen molar-refractivity contribution >= 4 is 18.3 Å². The number of amides is 1. The Balaban J connectivity index is 0.00000225. The summed E-state index contributed by atoms with van der Waals surface area (Å²) in [6.07, 6.45) is 3.72. The third kappa shape index (κ3) is 4.29. The molecule has 0 saturated carbocycles. The molecule has 0 aliphatic carbocycles. The SMILES string of the molecule is COc1ccc(CNC(=O)[C@H]2CNC[C@@H]2c2cnn(C)c2)c(F)c1.Cl. The van der Waals surface area contributed by atoms with Gasteiger partial charge in [-0.25, -0.2) is 4.39 Å².